The Morgan fingerprint density at radius 1 is 1.12 bits per heavy atom. The average Bonchev–Trinajstić information content (AvgIpc) is 2.29. The van der Waals surface area contributed by atoms with Crippen molar-refractivity contribution in [3.8, 4) is 0 Å². The maximum Gasteiger partial charge on any atom is 0.305 e. The number of hydrogen-bond donors (Lipinski definition) is 0. The molecule has 0 aromatic carbocycles. The van der Waals surface area contributed by atoms with Crippen molar-refractivity contribution in [1.29, 1.82) is 0 Å². The van der Waals surface area contributed by atoms with Crippen LogP contribution in [0, 0.1) is 11.8 Å². The Morgan fingerprint density at radius 2 is 1.56 bits per heavy atom. The molecule has 5 nitrogen and oxygen atoms in total. The van der Waals surface area contributed by atoms with Crippen LogP contribution in [-0.2, 0) is 23.9 Å². The number of rotatable bonds is 7. The summed E-state index contributed by atoms with van der Waals surface area (Å²) in [5, 5.41) is 0. The molecule has 92 valence electrons. The van der Waals surface area contributed by atoms with E-state index in [9.17, 15) is 14.4 Å². The molecule has 0 aliphatic carbocycles. The third kappa shape index (κ3) is 4.91. The van der Waals surface area contributed by atoms with Crippen molar-refractivity contribution in [3.05, 3.63) is 0 Å². The molecule has 0 aliphatic heterocycles. The summed E-state index contributed by atoms with van der Waals surface area (Å²) in [5.74, 6) is -1.51. The molecule has 0 N–H and O–H groups in total. The van der Waals surface area contributed by atoms with Crippen LogP contribution < -0.4 is 0 Å². The van der Waals surface area contributed by atoms with Crippen molar-refractivity contribution >= 4 is 18.2 Å². The Bertz CT molecular complexity index is 231. The first-order valence-corrected chi connectivity index (χ1v) is 5.17. The molecule has 0 aliphatic rings. The molecule has 0 heterocycles. The van der Waals surface area contributed by atoms with Gasteiger partial charge in [-0.3, -0.25) is 9.59 Å². The van der Waals surface area contributed by atoms with Crippen molar-refractivity contribution in [2.75, 3.05) is 14.2 Å². The van der Waals surface area contributed by atoms with Crippen LogP contribution in [0.15, 0.2) is 0 Å². The minimum Gasteiger partial charge on any atom is -0.469 e. The van der Waals surface area contributed by atoms with Gasteiger partial charge in [0.1, 0.15) is 6.29 Å². The summed E-state index contributed by atoms with van der Waals surface area (Å²) in [6.07, 6.45) is 1.48. The maximum absolute atomic E-state index is 11.1. The van der Waals surface area contributed by atoms with Crippen LogP contribution >= 0.6 is 0 Å². The molecule has 16 heavy (non-hydrogen) atoms. The van der Waals surface area contributed by atoms with E-state index in [1.807, 2.05) is 6.92 Å². The van der Waals surface area contributed by atoms with Gasteiger partial charge in [-0.15, -0.1) is 0 Å². The van der Waals surface area contributed by atoms with Gasteiger partial charge >= 0.3 is 11.9 Å². The normalized spacial score (nSPS) is 12.0. The monoisotopic (exact) mass is 230 g/mol. The second-order valence-electron chi connectivity index (χ2n) is 3.53. The van der Waals surface area contributed by atoms with Crippen molar-refractivity contribution in [2.24, 2.45) is 11.8 Å². The molecule has 5 heteroatoms. The first-order chi connectivity index (χ1) is 7.58. The van der Waals surface area contributed by atoms with Gasteiger partial charge in [0.2, 0.25) is 0 Å². The van der Waals surface area contributed by atoms with Gasteiger partial charge in [-0.1, -0.05) is 6.92 Å². The van der Waals surface area contributed by atoms with Gasteiger partial charge in [0.25, 0.3) is 0 Å². The Hall–Kier alpha value is -1.39. The fraction of sp³-hybridized carbons (Fsp3) is 0.727. The van der Waals surface area contributed by atoms with Crippen molar-refractivity contribution in [2.45, 2.75) is 26.2 Å². The van der Waals surface area contributed by atoms with Crippen LogP contribution in [0.5, 0.6) is 0 Å². The smallest absolute Gasteiger partial charge is 0.305 e. The molecule has 0 aromatic heterocycles. The summed E-state index contributed by atoms with van der Waals surface area (Å²) < 4.78 is 9.06. The fourth-order valence-corrected chi connectivity index (χ4v) is 1.51. The number of aldehydes is 1. The predicted octanol–water partition coefficient (Wildman–Crippen LogP) is 0.954. The van der Waals surface area contributed by atoms with Crippen LogP contribution in [-0.4, -0.2) is 32.4 Å². The SMILES string of the molecule is CCC(C=O)C(CC(=O)OC)CC(=O)OC. The zero-order chi connectivity index (χ0) is 12.6. The molecule has 0 fully saturated rings. The summed E-state index contributed by atoms with van der Waals surface area (Å²) >= 11 is 0. The van der Waals surface area contributed by atoms with Gasteiger partial charge < -0.3 is 14.3 Å². The maximum atomic E-state index is 11.1. The highest BCUT2D eigenvalue weighted by Crippen LogP contribution is 2.22. The minimum atomic E-state index is -0.422. The predicted molar refractivity (Wildman–Crippen MR) is 56.6 cm³/mol. The minimum absolute atomic E-state index is 0.0584. The molecule has 0 spiro atoms. The molecule has 0 aromatic rings. The standard InChI is InChI=1S/C11H18O5/c1-4-8(7-12)9(5-10(13)15-2)6-11(14)16-3/h7-9H,4-6H2,1-3H3. The van der Waals surface area contributed by atoms with Gasteiger partial charge in [0.15, 0.2) is 0 Å². The molecular weight excluding hydrogens is 212 g/mol. The second kappa shape index (κ2) is 7.84. The molecule has 0 radical (unpaired) electrons. The molecule has 0 bridgehead atoms. The second-order valence-corrected chi connectivity index (χ2v) is 3.53. The van der Waals surface area contributed by atoms with E-state index in [0.717, 1.165) is 6.29 Å². The largest absolute Gasteiger partial charge is 0.469 e. The highest BCUT2D eigenvalue weighted by molar-refractivity contribution is 5.74. The van der Waals surface area contributed by atoms with E-state index in [4.69, 9.17) is 0 Å². The third-order valence-electron chi connectivity index (χ3n) is 2.56. The Labute approximate surface area is 95.1 Å². The van der Waals surface area contributed by atoms with Gasteiger partial charge in [0.05, 0.1) is 14.2 Å². The molecular formula is C11H18O5. The van der Waals surface area contributed by atoms with Crippen molar-refractivity contribution in [3.63, 3.8) is 0 Å². The number of esters is 2. The van der Waals surface area contributed by atoms with E-state index in [1.54, 1.807) is 0 Å². The van der Waals surface area contributed by atoms with Gasteiger partial charge in [0, 0.05) is 18.8 Å². The first-order valence-electron chi connectivity index (χ1n) is 5.17. The highest BCUT2D eigenvalue weighted by Gasteiger charge is 2.25. The Balaban J connectivity index is 4.54. The van der Waals surface area contributed by atoms with Gasteiger partial charge in [-0.25, -0.2) is 0 Å². The van der Waals surface area contributed by atoms with E-state index in [2.05, 4.69) is 9.47 Å². The third-order valence-corrected chi connectivity index (χ3v) is 2.56. The fourth-order valence-electron chi connectivity index (χ4n) is 1.51. The topological polar surface area (TPSA) is 69.7 Å². The van der Waals surface area contributed by atoms with Gasteiger partial charge in [-0.2, -0.15) is 0 Å². The van der Waals surface area contributed by atoms with Crippen LogP contribution in [0.1, 0.15) is 26.2 Å². The van der Waals surface area contributed by atoms with E-state index in [1.165, 1.54) is 14.2 Å². The lowest BCUT2D eigenvalue weighted by molar-refractivity contribution is -0.145. The summed E-state index contributed by atoms with van der Waals surface area (Å²) in [7, 11) is 2.55. The van der Waals surface area contributed by atoms with E-state index < -0.39 is 11.9 Å². The first kappa shape index (κ1) is 14.6. The molecule has 0 saturated carbocycles. The number of carbonyl (C=O) groups excluding carboxylic acids is 3. The van der Waals surface area contributed by atoms with Crippen LogP contribution in [0.25, 0.3) is 0 Å². The molecule has 1 atom stereocenters. The lowest BCUT2D eigenvalue weighted by Gasteiger charge is -2.19. The quantitative estimate of drug-likeness (QED) is 0.481. The average molecular weight is 230 g/mol. The number of ether oxygens (including phenoxy) is 2. The van der Waals surface area contributed by atoms with E-state index >= 15 is 0 Å². The Kier molecular flexibility index (Phi) is 7.16. The molecule has 0 saturated heterocycles. The highest BCUT2D eigenvalue weighted by atomic mass is 16.5. The van der Waals surface area contributed by atoms with Crippen LogP contribution in [0.3, 0.4) is 0 Å². The van der Waals surface area contributed by atoms with E-state index in [-0.39, 0.29) is 24.7 Å². The Morgan fingerprint density at radius 3 is 1.81 bits per heavy atom. The van der Waals surface area contributed by atoms with Crippen LogP contribution in [0.4, 0.5) is 0 Å². The molecule has 0 amide bonds. The summed E-state index contributed by atoms with van der Waals surface area (Å²) in [5.41, 5.74) is 0. The molecule has 0 rings (SSSR count). The summed E-state index contributed by atoms with van der Waals surface area (Å²) in [4.78, 5) is 33.1. The van der Waals surface area contributed by atoms with Crippen molar-refractivity contribution < 1.29 is 23.9 Å². The summed E-state index contributed by atoms with van der Waals surface area (Å²) in [6, 6.07) is 0. The lowest BCUT2D eigenvalue weighted by Crippen LogP contribution is -2.23. The lowest BCUT2D eigenvalue weighted by atomic mass is 9.86. The zero-order valence-electron chi connectivity index (χ0n) is 9.89. The van der Waals surface area contributed by atoms with Crippen LogP contribution in [0.2, 0.25) is 0 Å². The number of hydrogen-bond acceptors (Lipinski definition) is 5. The van der Waals surface area contributed by atoms with Gasteiger partial charge in [-0.05, 0) is 12.3 Å². The summed E-state index contributed by atoms with van der Waals surface area (Å²) in [6.45, 7) is 1.83. The number of carbonyl (C=O) groups is 3. The molecule has 1 unspecified atom stereocenters. The number of methoxy groups -OCH3 is 2. The zero-order valence-corrected chi connectivity index (χ0v) is 9.89. The van der Waals surface area contributed by atoms with Crippen molar-refractivity contribution in [1.82, 2.24) is 0 Å². The van der Waals surface area contributed by atoms with E-state index in [0.29, 0.717) is 6.42 Å².